The van der Waals surface area contributed by atoms with Gasteiger partial charge in [-0.15, -0.1) is 11.3 Å². The van der Waals surface area contributed by atoms with Crippen molar-refractivity contribution in [1.82, 2.24) is 15.3 Å². The Kier molecular flexibility index (Phi) is 14.2. The number of alkyl halides is 6. The molecule has 0 aliphatic carbocycles. The number of nitrogens with zero attached hydrogens (tertiary/aromatic N) is 2. The fraction of sp³-hybridized carbons (Fsp3) is 0.290. The van der Waals surface area contributed by atoms with Crippen molar-refractivity contribution in [3.05, 3.63) is 77.2 Å². The van der Waals surface area contributed by atoms with Gasteiger partial charge in [-0.3, -0.25) is 0 Å². The third kappa shape index (κ3) is 12.7. The molecule has 3 heterocycles. The summed E-state index contributed by atoms with van der Waals surface area (Å²) in [6.45, 7) is 3.86. The van der Waals surface area contributed by atoms with Crippen molar-refractivity contribution in [2.75, 3.05) is 25.5 Å². The van der Waals surface area contributed by atoms with Gasteiger partial charge in [0, 0.05) is 33.4 Å². The summed E-state index contributed by atoms with van der Waals surface area (Å²) in [5.41, 5.74) is 1.82. The number of piperidine rings is 1. The van der Waals surface area contributed by atoms with E-state index in [1.165, 1.54) is 12.1 Å². The number of benzene rings is 2. The van der Waals surface area contributed by atoms with Crippen LogP contribution in [0, 0.1) is 12.7 Å². The van der Waals surface area contributed by atoms with Crippen molar-refractivity contribution in [2.24, 2.45) is 0 Å². The second kappa shape index (κ2) is 17.9. The molecule has 50 heavy (non-hydrogen) atoms. The first-order chi connectivity index (χ1) is 23.5. The number of hydrogen-bond acceptors (Lipinski definition) is 10. The number of aryl methyl sites for hydroxylation is 1. The summed E-state index contributed by atoms with van der Waals surface area (Å²) in [4.78, 5) is 29.2. The number of aliphatic carboxylic acids is 2. The number of methoxy groups -OCH3 is 1. The zero-order chi connectivity index (χ0) is 37.1. The molecule has 1 aliphatic heterocycles. The lowest BCUT2D eigenvalue weighted by Crippen LogP contribution is -2.26. The smallest absolute Gasteiger partial charge is 0.490 e. The van der Waals surface area contributed by atoms with Crippen LogP contribution in [0.15, 0.2) is 69.9 Å². The Morgan fingerprint density at radius 2 is 1.60 bits per heavy atom. The Balaban J connectivity index is 0.000000408. The number of hydrogen-bond donors (Lipinski definition) is 4. The highest BCUT2D eigenvalue weighted by molar-refractivity contribution is 7.99. The molecule has 19 heteroatoms. The maximum atomic E-state index is 13.7. The maximum absolute atomic E-state index is 13.7. The minimum atomic E-state index is -5.08. The van der Waals surface area contributed by atoms with Crippen molar-refractivity contribution in [2.45, 2.75) is 47.8 Å². The van der Waals surface area contributed by atoms with Crippen LogP contribution in [0.1, 0.15) is 30.0 Å². The molecular formula is C31H29F7N4O6S2. The lowest BCUT2D eigenvalue weighted by molar-refractivity contribution is -0.193. The highest BCUT2D eigenvalue weighted by Gasteiger charge is 2.38. The zero-order valence-electron chi connectivity index (χ0n) is 26.1. The molecule has 4 N–H and O–H groups in total. The number of carbonyl (C=O) groups is 2. The Bertz CT molecular complexity index is 1730. The van der Waals surface area contributed by atoms with Crippen LogP contribution >= 0.6 is 23.1 Å². The minimum absolute atomic E-state index is 0.299. The first kappa shape index (κ1) is 39.8. The number of thiazole rings is 1. The summed E-state index contributed by atoms with van der Waals surface area (Å²) in [7, 11) is 1.65. The van der Waals surface area contributed by atoms with Crippen LogP contribution in [-0.4, -0.2) is 64.7 Å². The molecule has 2 aromatic heterocycles. The Labute approximate surface area is 288 Å². The zero-order valence-corrected chi connectivity index (χ0v) is 27.7. The van der Waals surface area contributed by atoms with E-state index in [0.29, 0.717) is 28.8 Å². The normalized spacial score (nSPS) is 13.2. The van der Waals surface area contributed by atoms with Crippen LogP contribution in [0.2, 0.25) is 0 Å². The van der Waals surface area contributed by atoms with Gasteiger partial charge in [0.2, 0.25) is 0 Å². The number of carboxylic acid groups (broad SMARTS) is 2. The van der Waals surface area contributed by atoms with E-state index in [1.807, 2.05) is 37.3 Å². The van der Waals surface area contributed by atoms with Gasteiger partial charge in [0.25, 0.3) is 0 Å². The van der Waals surface area contributed by atoms with E-state index >= 15 is 0 Å². The van der Waals surface area contributed by atoms with E-state index in [9.17, 15) is 30.7 Å². The molecule has 0 radical (unpaired) electrons. The van der Waals surface area contributed by atoms with E-state index in [0.717, 1.165) is 52.3 Å². The molecule has 0 bridgehead atoms. The van der Waals surface area contributed by atoms with Gasteiger partial charge in [-0.25, -0.2) is 23.9 Å². The fourth-order valence-electron chi connectivity index (χ4n) is 4.05. The Morgan fingerprint density at radius 3 is 2.18 bits per heavy atom. The second-order valence-corrected chi connectivity index (χ2v) is 12.1. The summed E-state index contributed by atoms with van der Waals surface area (Å²) >= 11 is 3.12. The summed E-state index contributed by atoms with van der Waals surface area (Å²) in [5, 5.41) is 23.9. The SMILES string of the molecule is COc1cccc(Sc2cnc(Nc3nc(C4CCNCC4)cs3)c(Oc3ccc(F)cc3C)c2)c1.O=C(O)C(F)(F)F.O=C(O)C(F)(F)F. The molecule has 0 unspecified atom stereocenters. The molecule has 0 atom stereocenters. The molecule has 5 rings (SSSR count). The quantitative estimate of drug-likeness (QED) is 0.129. The molecule has 0 saturated carbocycles. The number of halogens is 7. The molecule has 1 fully saturated rings. The topological polar surface area (TPSA) is 143 Å². The molecule has 4 aromatic rings. The van der Waals surface area contributed by atoms with Crippen LogP contribution < -0.4 is 20.1 Å². The van der Waals surface area contributed by atoms with Crippen molar-refractivity contribution in [1.29, 1.82) is 0 Å². The predicted molar refractivity (Wildman–Crippen MR) is 170 cm³/mol. The van der Waals surface area contributed by atoms with Gasteiger partial charge in [-0.2, -0.15) is 26.3 Å². The number of ether oxygens (including phenoxy) is 2. The Hall–Kier alpha value is -4.62. The number of pyridine rings is 1. The third-order valence-corrected chi connectivity index (χ3v) is 8.18. The van der Waals surface area contributed by atoms with Gasteiger partial charge in [-0.05, 0) is 74.8 Å². The third-order valence-electron chi connectivity index (χ3n) is 6.45. The van der Waals surface area contributed by atoms with E-state index < -0.39 is 24.3 Å². The van der Waals surface area contributed by atoms with Crippen molar-refractivity contribution < 1.29 is 60.0 Å². The van der Waals surface area contributed by atoms with Crippen LogP contribution in [0.4, 0.5) is 41.7 Å². The van der Waals surface area contributed by atoms with Crippen LogP contribution in [0.3, 0.4) is 0 Å². The highest BCUT2D eigenvalue weighted by atomic mass is 32.2. The summed E-state index contributed by atoms with van der Waals surface area (Å²) < 4.78 is 88.7. The first-order valence-electron chi connectivity index (χ1n) is 14.3. The van der Waals surface area contributed by atoms with Gasteiger partial charge in [-0.1, -0.05) is 17.8 Å². The number of aromatic nitrogens is 2. The monoisotopic (exact) mass is 750 g/mol. The second-order valence-electron chi connectivity index (χ2n) is 10.1. The standard InChI is InChI=1S/C27H27FN4O2S2.2C2HF3O2/c1-17-12-19(28)6-7-24(17)34-25-14-22(36-21-5-3-4-20(13-21)33-2)15-30-26(25)32-27-31-23(16-35-27)18-8-10-29-11-9-18;2*3-2(4,5)1(6)7/h3-7,12-16,18,29H,8-11H2,1-2H3,(H,30,31,32);2*(H,6,7). The van der Waals surface area contributed by atoms with Gasteiger partial charge in [0.1, 0.15) is 17.3 Å². The van der Waals surface area contributed by atoms with Crippen molar-refractivity contribution in [3.8, 4) is 17.2 Å². The van der Waals surface area contributed by atoms with Crippen LogP contribution in [0.5, 0.6) is 17.2 Å². The molecule has 270 valence electrons. The number of carboxylic acids is 2. The number of rotatable bonds is 8. The van der Waals surface area contributed by atoms with Crippen molar-refractivity contribution >= 4 is 46.0 Å². The van der Waals surface area contributed by atoms with Crippen LogP contribution in [-0.2, 0) is 9.59 Å². The van der Waals surface area contributed by atoms with Gasteiger partial charge in [0.15, 0.2) is 16.7 Å². The molecule has 0 amide bonds. The fourth-order valence-corrected chi connectivity index (χ4v) is 5.71. The lowest BCUT2D eigenvalue weighted by Gasteiger charge is -2.20. The van der Waals surface area contributed by atoms with Crippen LogP contribution in [0.25, 0.3) is 0 Å². The predicted octanol–water partition coefficient (Wildman–Crippen LogP) is 8.41. The highest BCUT2D eigenvalue weighted by Crippen LogP contribution is 2.38. The Morgan fingerprint density at radius 1 is 0.960 bits per heavy atom. The maximum Gasteiger partial charge on any atom is 0.490 e. The average molecular weight is 751 g/mol. The van der Waals surface area contributed by atoms with Crippen molar-refractivity contribution in [3.63, 3.8) is 0 Å². The summed E-state index contributed by atoms with van der Waals surface area (Å²) in [6, 6.07) is 14.3. The lowest BCUT2D eigenvalue weighted by atomic mass is 9.96. The summed E-state index contributed by atoms with van der Waals surface area (Å²) in [6.07, 6.45) is -6.18. The van der Waals surface area contributed by atoms with Gasteiger partial charge in [0.05, 0.1) is 12.8 Å². The molecule has 1 aliphatic rings. The minimum Gasteiger partial charge on any atom is -0.497 e. The van der Waals surface area contributed by atoms with E-state index in [4.69, 9.17) is 34.3 Å². The van der Waals surface area contributed by atoms with Gasteiger partial charge < -0.3 is 30.3 Å². The molecule has 1 saturated heterocycles. The molecular weight excluding hydrogens is 721 g/mol. The number of nitrogens with one attached hydrogen (secondary N) is 2. The van der Waals surface area contributed by atoms with E-state index in [2.05, 4.69) is 21.0 Å². The average Bonchev–Trinajstić information content (AvgIpc) is 3.52. The molecule has 2 aromatic carbocycles. The van der Waals surface area contributed by atoms with E-state index in [-0.39, 0.29) is 5.82 Å². The van der Waals surface area contributed by atoms with E-state index in [1.54, 1.807) is 42.5 Å². The number of anilines is 2. The first-order valence-corrected chi connectivity index (χ1v) is 15.9. The largest absolute Gasteiger partial charge is 0.497 e. The van der Waals surface area contributed by atoms with Gasteiger partial charge >= 0.3 is 24.3 Å². The summed E-state index contributed by atoms with van der Waals surface area (Å²) in [5.74, 6) is -2.88. The molecule has 10 nitrogen and oxygen atoms in total. The molecule has 0 spiro atoms.